The molecule has 0 bridgehead atoms. The Hall–Kier alpha value is 0. The molecule has 0 aromatic carbocycles. The summed E-state index contributed by atoms with van der Waals surface area (Å²) in [5.41, 5.74) is 0. The van der Waals surface area contributed by atoms with Crippen LogP contribution >= 0.6 is 0 Å². The fraction of sp³-hybridized carbons (Fsp3) is 1.00. The molecule has 26 heavy (non-hydrogen) atoms. The van der Waals surface area contributed by atoms with Gasteiger partial charge in [0, 0.05) is 0 Å². The molecule has 0 rings (SSSR count). The van der Waals surface area contributed by atoms with Gasteiger partial charge in [0.15, 0.2) is 0 Å². The molecule has 0 aliphatic heterocycles. The molecule has 0 aliphatic carbocycles. The second-order valence-corrected chi connectivity index (χ2v) is 9.52. The van der Waals surface area contributed by atoms with Gasteiger partial charge in [-0.15, -0.1) is 0 Å². The Morgan fingerprint density at radius 3 is 1.12 bits per heavy atom. The van der Waals surface area contributed by atoms with Crippen LogP contribution in [0.1, 0.15) is 156 Å². The fourth-order valence-corrected chi connectivity index (χ4v) is 4.06. The van der Waals surface area contributed by atoms with Crippen LogP contribution in [0.4, 0.5) is 0 Å². The summed E-state index contributed by atoms with van der Waals surface area (Å²) in [7, 11) is 0. The highest BCUT2D eigenvalue weighted by Gasteiger charge is 2.03. The van der Waals surface area contributed by atoms with Crippen molar-refractivity contribution in [2.75, 3.05) is 0 Å². The maximum Gasteiger partial charge on any atom is -0.0443 e. The highest BCUT2D eigenvalue weighted by molar-refractivity contribution is 4.56. The maximum atomic E-state index is 2.46. The molecule has 0 amide bonds. The van der Waals surface area contributed by atoms with Gasteiger partial charge in [-0.05, 0) is 11.8 Å². The summed E-state index contributed by atoms with van der Waals surface area (Å²) < 4.78 is 0. The van der Waals surface area contributed by atoms with E-state index in [1.165, 1.54) is 128 Å². The number of unbranched alkanes of at least 4 members (excludes halogenated alkanes) is 15. The van der Waals surface area contributed by atoms with Crippen LogP contribution in [-0.4, -0.2) is 0 Å². The van der Waals surface area contributed by atoms with Gasteiger partial charge in [0.2, 0.25) is 0 Å². The summed E-state index contributed by atoms with van der Waals surface area (Å²) in [6.45, 7) is 9.46. The Bertz CT molecular complexity index is 242. The third kappa shape index (κ3) is 22.0. The SMILES string of the molecule is CCCCCCCCCCCCCCCCCCC(C)CCCC(C)C. The number of hydrogen-bond donors (Lipinski definition) is 0. The predicted octanol–water partition coefficient (Wildman–Crippen LogP) is 10.1. The lowest BCUT2D eigenvalue weighted by Crippen LogP contribution is -1.96. The van der Waals surface area contributed by atoms with Crippen molar-refractivity contribution in [2.45, 2.75) is 156 Å². The van der Waals surface area contributed by atoms with Crippen LogP contribution in [0.2, 0.25) is 0 Å². The zero-order chi connectivity index (χ0) is 19.3. The smallest absolute Gasteiger partial charge is 0.0443 e. The zero-order valence-electron chi connectivity index (χ0n) is 19.3. The Labute approximate surface area is 168 Å². The average Bonchev–Trinajstić information content (AvgIpc) is 2.61. The molecule has 0 aromatic rings. The van der Waals surface area contributed by atoms with Crippen molar-refractivity contribution in [3.63, 3.8) is 0 Å². The summed E-state index contributed by atoms with van der Waals surface area (Å²) in [4.78, 5) is 0. The van der Waals surface area contributed by atoms with Gasteiger partial charge in [-0.3, -0.25) is 0 Å². The topological polar surface area (TPSA) is 0 Å². The Morgan fingerprint density at radius 1 is 0.385 bits per heavy atom. The molecular formula is C26H54. The number of rotatable bonds is 21. The van der Waals surface area contributed by atoms with Crippen LogP contribution in [-0.2, 0) is 0 Å². The lowest BCUT2D eigenvalue weighted by Gasteiger charge is -2.12. The molecule has 0 N–H and O–H groups in total. The van der Waals surface area contributed by atoms with Gasteiger partial charge in [-0.25, -0.2) is 0 Å². The summed E-state index contributed by atoms with van der Waals surface area (Å²) in [6.07, 6.45) is 29.4. The summed E-state index contributed by atoms with van der Waals surface area (Å²) in [5, 5.41) is 0. The molecule has 1 atom stereocenters. The normalized spacial score (nSPS) is 12.8. The minimum atomic E-state index is 0.887. The van der Waals surface area contributed by atoms with Crippen molar-refractivity contribution < 1.29 is 0 Å². The van der Waals surface area contributed by atoms with Crippen LogP contribution < -0.4 is 0 Å². The van der Waals surface area contributed by atoms with Crippen molar-refractivity contribution in [1.29, 1.82) is 0 Å². The minimum absolute atomic E-state index is 0.887. The van der Waals surface area contributed by atoms with Crippen LogP contribution in [0.25, 0.3) is 0 Å². The molecule has 0 nitrogen and oxygen atoms in total. The van der Waals surface area contributed by atoms with E-state index in [2.05, 4.69) is 27.7 Å². The first-order valence-corrected chi connectivity index (χ1v) is 12.7. The second kappa shape index (κ2) is 21.3. The van der Waals surface area contributed by atoms with Crippen molar-refractivity contribution >= 4 is 0 Å². The summed E-state index contributed by atoms with van der Waals surface area (Å²) in [6, 6.07) is 0. The average molecular weight is 367 g/mol. The fourth-order valence-electron chi connectivity index (χ4n) is 4.06. The quantitative estimate of drug-likeness (QED) is 0.177. The molecule has 0 radical (unpaired) electrons. The molecule has 0 aromatic heterocycles. The third-order valence-corrected chi connectivity index (χ3v) is 6.03. The van der Waals surface area contributed by atoms with Gasteiger partial charge in [0.1, 0.15) is 0 Å². The molecule has 0 aliphatic rings. The van der Waals surface area contributed by atoms with Gasteiger partial charge >= 0.3 is 0 Å². The van der Waals surface area contributed by atoms with Gasteiger partial charge in [0.05, 0.1) is 0 Å². The molecule has 0 fully saturated rings. The largest absolute Gasteiger partial charge is 0.0654 e. The first kappa shape index (κ1) is 26.0. The first-order chi connectivity index (χ1) is 12.7. The van der Waals surface area contributed by atoms with Crippen molar-refractivity contribution in [1.82, 2.24) is 0 Å². The Morgan fingerprint density at radius 2 is 0.731 bits per heavy atom. The highest BCUT2D eigenvalue weighted by Crippen LogP contribution is 2.19. The standard InChI is InChI=1S/C26H54/c1-5-6-7-8-9-10-11-12-13-14-15-16-17-18-19-20-23-26(4)24-21-22-25(2)3/h25-26H,5-24H2,1-4H3. The van der Waals surface area contributed by atoms with E-state index in [9.17, 15) is 0 Å². The van der Waals surface area contributed by atoms with E-state index in [0.717, 1.165) is 11.8 Å². The van der Waals surface area contributed by atoms with E-state index < -0.39 is 0 Å². The molecule has 158 valence electrons. The first-order valence-electron chi connectivity index (χ1n) is 12.7. The van der Waals surface area contributed by atoms with Gasteiger partial charge in [0.25, 0.3) is 0 Å². The van der Waals surface area contributed by atoms with E-state index >= 15 is 0 Å². The minimum Gasteiger partial charge on any atom is -0.0654 e. The van der Waals surface area contributed by atoms with Crippen LogP contribution in [0.5, 0.6) is 0 Å². The molecule has 0 heterocycles. The molecule has 1 unspecified atom stereocenters. The van der Waals surface area contributed by atoms with Gasteiger partial charge < -0.3 is 0 Å². The van der Waals surface area contributed by atoms with Crippen molar-refractivity contribution in [3.8, 4) is 0 Å². The second-order valence-electron chi connectivity index (χ2n) is 9.52. The Kier molecular flexibility index (Phi) is 21.3. The molecule has 0 saturated heterocycles. The van der Waals surface area contributed by atoms with Crippen LogP contribution in [0.15, 0.2) is 0 Å². The summed E-state index contributed by atoms with van der Waals surface area (Å²) >= 11 is 0. The van der Waals surface area contributed by atoms with E-state index in [1.807, 2.05) is 0 Å². The lowest BCUT2D eigenvalue weighted by molar-refractivity contribution is 0.417. The molecular weight excluding hydrogens is 312 g/mol. The molecule has 0 heteroatoms. The van der Waals surface area contributed by atoms with E-state index in [-0.39, 0.29) is 0 Å². The molecule has 0 spiro atoms. The lowest BCUT2D eigenvalue weighted by atomic mass is 9.95. The number of hydrogen-bond acceptors (Lipinski definition) is 0. The van der Waals surface area contributed by atoms with Gasteiger partial charge in [-0.2, -0.15) is 0 Å². The highest BCUT2D eigenvalue weighted by atomic mass is 14.1. The van der Waals surface area contributed by atoms with Gasteiger partial charge in [-0.1, -0.05) is 156 Å². The van der Waals surface area contributed by atoms with Crippen molar-refractivity contribution in [2.24, 2.45) is 11.8 Å². The zero-order valence-corrected chi connectivity index (χ0v) is 19.3. The summed E-state index contributed by atoms with van der Waals surface area (Å²) in [5.74, 6) is 1.85. The van der Waals surface area contributed by atoms with E-state index in [0.29, 0.717) is 0 Å². The van der Waals surface area contributed by atoms with Crippen LogP contribution in [0, 0.1) is 11.8 Å². The third-order valence-electron chi connectivity index (χ3n) is 6.03. The van der Waals surface area contributed by atoms with E-state index in [4.69, 9.17) is 0 Å². The van der Waals surface area contributed by atoms with E-state index in [1.54, 1.807) is 0 Å². The van der Waals surface area contributed by atoms with Crippen molar-refractivity contribution in [3.05, 3.63) is 0 Å². The van der Waals surface area contributed by atoms with Crippen LogP contribution in [0.3, 0.4) is 0 Å². The molecule has 0 saturated carbocycles. The predicted molar refractivity (Wildman–Crippen MR) is 122 cm³/mol. The maximum absolute atomic E-state index is 2.46. The Balaban J connectivity index is 3.09. The monoisotopic (exact) mass is 366 g/mol.